The van der Waals surface area contributed by atoms with Crippen molar-refractivity contribution in [1.29, 1.82) is 0 Å². The van der Waals surface area contributed by atoms with Gasteiger partial charge in [-0.25, -0.2) is 9.59 Å². The molecule has 10 heteroatoms. The molecule has 0 radical (unpaired) electrons. The van der Waals surface area contributed by atoms with Crippen LogP contribution in [0.15, 0.2) is 24.4 Å². The number of rotatable bonds is 14. The molecule has 36 heavy (non-hydrogen) atoms. The summed E-state index contributed by atoms with van der Waals surface area (Å²) in [6, 6.07) is 4.20. The van der Waals surface area contributed by atoms with E-state index in [1.54, 1.807) is 36.2 Å². The van der Waals surface area contributed by atoms with Crippen molar-refractivity contribution >= 4 is 34.2 Å². The smallest absolute Gasteiger partial charge is 0.348 e. The van der Waals surface area contributed by atoms with Gasteiger partial charge in [-0.2, -0.15) is 0 Å². The van der Waals surface area contributed by atoms with Crippen molar-refractivity contribution < 1.29 is 23.9 Å². The quantitative estimate of drug-likeness (QED) is 0.281. The van der Waals surface area contributed by atoms with Gasteiger partial charge >= 0.3 is 11.9 Å². The lowest BCUT2D eigenvalue weighted by Crippen LogP contribution is -2.55. The van der Waals surface area contributed by atoms with E-state index in [1.165, 1.54) is 19.3 Å². The fourth-order valence-electron chi connectivity index (χ4n) is 4.35. The standard InChI is InChI=1S/C26H36N4O5S/c1-4-7-8-9-10-12-16-29-26-30(20(22(27)31)18-14-11-13-15-28-18)23-19(24(32)35-26)17(5-2)21(36-23)25(33)34-6-3/h11,13-15,20,26,29H,4-10,12,16H2,1-3H3,(H2,27,31). The molecule has 1 aliphatic heterocycles. The SMILES string of the molecule is CCCCCCCCNC1OC(=O)c2c(sc(C(=O)OCC)c2CC)N1C(C(N)=O)c1ccccn1. The zero-order chi connectivity index (χ0) is 26.1. The lowest BCUT2D eigenvalue weighted by Gasteiger charge is -2.40. The van der Waals surface area contributed by atoms with E-state index in [-0.39, 0.29) is 12.2 Å². The lowest BCUT2D eigenvalue weighted by molar-refractivity contribution is -0.120. The largest absolute Gasteiger partial charge is 0.462 e. The number of nitrogens with two attached hydrogens (primary N) is 1. The minimum absolute atomic E-state index is 0.207. The van der Waals surface area contributed by atoms with Crippen molar-refractivity contribution in [2.24, 2.45) is 5.73 Å². The van der Waals surface area contributed by atoms with Gasteiger partial charge < -0.3 is 15.2 Å². The molecule has 0 bridgehead atoms. The van der Waals surface area contributed by atoms with Gasteiger partial charge in [-0.1, -0.05) is 52.0 Å². The molecule has 9 nitrogen and oxygen atoms in total. The van der Waals surface area contributed by atoms with Crippen LogP contribution in [0.2, 0.25) is 0 Å². The van der Waals surface area contributed by atoms with E-state index < -0.39 is 30.2 Å². The number of anilines is 1. The second-order valence-electron chi connectivity index (χ2n) is 8.61. The minimum Gasteiger partial charge on any atom is -0.462 e. The molecule has 1 amide bonds. The van der Waals surface area contributed by atoms with Gasteiger partial charge in [0.05, 0.1) is 17.9 Å². The number of cyclic esters (lactones) is 1. The van der Waals surface area contributed by atoms with Crippen LogP contribution < -0.4 is 16.0 Å². The van der Waals surface area contributed by atoms with Crippen LogP contribution >= 0.6 is 11.3 Å². The van der Waals surface area contributed by atoms with Gasteiger partial charge in [0.15, 0.2) is 6.04 Å². The topological polar surface area (TPSA) is 124 Å². The van der Waals surface area contributed by atoms with E-state index in [0.29, 0.717) is 34.1 Å². The lowest BCUT2D eigenvalue weighted by atomic mass is 10.0. The third kappa shape index (κ3) is 6.22. The molecule has 1 aliphatic rings. The van der Waals surface area contributed by atoms with Gasteiger partial charge in [-0.05, 0) is 37.5 Å². The number of hydrogen-bond acceptors (Lipinski definition) is 9. The number of esters is 2. The average molecular weight is 517 g/mol. The molecule has 3 heterocycles. The maximum absolute atomic E-state index is 13.2. The first-order valence-corrected chi connectivity index (χ1v) is 13.5. The van der Waals surface area contributed by atoms with E-state index in [9.17, 15) is 14.4 Å². The van der Waals surface area contributed by atoms with Crippen molar-refractivity contribution in [1.82, 2.24) is 10.3 Å². The highest BCUT2D eigenvalue weighted by Gasteiger charge is 2.44. The van der Waals surface area contributed by atoms with Crippen molar-refractivity contribution in [3.8, 4) is 0 Å². The van der Waals surface area contributed by atoms with Crippen molar-refractivity contribution in [3.05, 3.63) is 46.1 Å². The van der Waals surface area contributed by atoms with Crippen molar-refractivity contribution in [2.45, 2.75) is 78.1 Å². The van der Waals surface area contributed by atoms with Crippen molar-refractivity contribution in [3.63, 3.8) is 0 Å². The molecule has 3 N–H and O–H groups in total. The predicted octanol–water partition coefficient (Wildman–Crippen LogP) is 4.32. The van der Waals surface area contributed by atoms with Gasteiger partial charge in [0.25, 0.3) is 0 Å². The Morgan fingerprint density at radius 2 is 1.94 bits per heavy atom. The number of aromatic nitrogens is 1. The molecule has 0 saturated carbocycles. The molecule has 0 aliphatic carbocycles. The van der Waals surface area contributed by atoms with Crippen LogP contribution in [0.5, 0.6) is 0 Å². The summed E-state index contributed by atoms with van der Waals surface area (Å²) in [6.45, 7) is 6.56. The van der Waals surface area contributed by atoms with E-state index in [2.05, 4.69) is 17.2 Å². The van der Waals surface area contributed by atoms with E-state index in [1.807, 2.05) is 6.92 Å². The second kappa shape index (κ2) is 13.4. The zero-order valence-electron chi connectivity index (χ0n) is 21.2. The Morgan fingerprint density at radius 1 is 1.19 bits per heavy atom. The molecule has 0 saturated heterocycles. The van der Waals surface area contributed by atoms with E-state index >= 15 is 0 Å². The van der Waals surface area contributed by atoms with Crippen LogP contribution in [0.1, 0.15) is 96.6 Å². The number of pyridine rings is 1. The Kier molecular flexibility index (Phi) is 10.2. The minimum atomic E-state index is -1.02. The molecule has 2 aromatic rings. The summed E-state index contributed by atoms with van der Waals surface area (Å²) in [7, 11) is 0. The third-order valence-electron chi connectivity index (χ3n) is 6.08. The number of nitrogens with zero attached hydrogens (tertiary/aromatic N) is 2. The summed E-state index contributed by atoms with van der Waals surface area (Å²) in [5, 5.41) is 3.72. The van der Waals surface area contributed by atoms with Crippen LogP contribution in [0.25, 0.3) is 0 Å². The molecule has 2 unspecified atom stereocenters. The zero-order valence-corrected chi connectivity index (χ0v) is 22.1. The molecule has 2 aromatic heterocycles. The molecule has 0 aromatic carbocycles. The Balaban J connectivity index is 1.99. The van der Waals surface area contributed by atoms with Crippen molar-refractivity contribution in [2.75, 3.05) is 18.1 Å². The Morgan fingerprint density at radius 3 is 2.58 bits per heavy atom. The van der Waals surface area contributed by atoms with Gasteiger partial charge in [-0.15, -0.1) is 11.3 Å². The molecule has 0 spiro atoms. The second-order valence-corrected chi connectivity index (χ2v) is 9.61. The predicted molar refractivity (Wildman–Crippen MR) is 139 cm³/mol. The Hall–Kier alpha value is -2.98. The van der Waals surface area contributed by atoms with Gasteiger partial charge in [-0.3, -0.25) is 20.0 Å². The van der Waals surface area contributed by atoms with Gasteiger partial charge in [0.1, 0.15) is 9.88 Å². The first-order valence-electron chi connectivity index (χ1n) is 12.7. The number of primary amides is 1. The highest BCUT2D eigenvalue weighted by atomic mass is 32.1. The van der Waals surface area contributed by atoms with Crippen LogP contribution in [-0.2, 0) is 20.7 Å². The first-order chi connectivity index (χ1) is 17.4. The van der Waals surface area contributed by atoms with Crippen LogP contribution in [0.3, 0.4) is 0 Å². The summed E-state index contributed by atoms with van der Waals surface area (Å²) < 4.78 is 11.1. The van der Waals surface area contributed by atoms with Crippen LogP contribution in [0, 0.1) is 0 Å². The first kappa shape index (κ1) is 27.6. The highest BCUT2D eigenvalue weighted by molar-refractivity contribution is 7.18. The summed E-state index contributed by atoms with van der Waals surface area (Å²) >= 11 is 1.12. The Bertz CT molecular complexity index is 1040. The molecule has 2 atom stereocenters. The number of thiophene rings is 1. The molecule has 0 fully saturated rings. The average Bonchev–Trinajstić information content (AvgIpc) is 3.26. The highest BCUT2D eigenvalue weighted by Crippen LogP contribution is 2.44. The molecular weight excluding hydrogens is 480 g/mol. The number of amides is 1. The fraction of sp³-hybridized carbons (Fsp3) is 0.538. The maximum Gasteiger partial charge on any atom is 0.348 e. The molecule has 196 valence electrons. The monoisotopic (exact) mass is 516 g/mol. The number of ether oxygens (including phenoxy) is 2. The van der Waals surface area contributed by atoms with Gasteiger partial charge in [0, 0.05) is 12.7 Å². The number of carbonyl (C=O) groups is 3. The number of fused-ring (bicyclic) bond motifs is 1. The normalized spacial score (nSPS) is 15.8. The maximum atomic E-state index is 13.2. The summed E-state index contributed by atoms with van der Waals surface area (Å²) in [4.78, 5) is 45.0. The number of nitrogens with one attached hydrogen (secondary N) is 1. The number of carbonyl (C=O) groups excluding carboxylic acids is 3. The Labute approximate surface area is 216 Å². The van der Waals surface area contributed by atoms with E-state index in [0.717, 1.165) is 30.6 Å². The summed E-state index contributed by atoms with van der Waals surface area (Å²) in [5.41, 5.74) is 7.12. The molecular formula is C26H36N4O5S. The molecule has 3 rings (SSSR count). The third-order valence-corrected chi connectivity index (χ3v) is 7.30. The van der Waals surface area contributed by atoms with Crippen LogP contribution in [-0.4, -0.2) is 42.3 Å². The van der Waals surface area contributed by atoms with Crippen LogP contribution in [0.4, 0.5) is 5.00 Å². The number of hydrogen-bond donors (Lipinski definition) is 2. The van der Waals surface area contributed by atoms with E-state index in [4.69, 9.17) is 15.2 Å². The summed E-state index contributed by atoms with van der Waals surface area (Å²) in [6.07, 6.45) is 7.73. The van der Waals surface area contributed by atoms with Gasteiger partial charge in [0.2, 0.25) is 12.3 Å². The summed E-state index contributed by atoms with van der Waals surface area (Å²) in [5.74, 6) is -1.70. The fourth-order valence-corrected chi connectivity index (χ4v) is 5.67. The number of unbranched alkanes of at least 4 members (excludes halogenated alkanes) is 5.